The molecule has 0 spiro atoms. The summed E-state index contributed by atoms with van der Waals surface area (Å²) >= 11 is 0. The third-order valence-corrected chi connectivity index (χ3v) is 4.09. The van der Waals surface area contributed by atoms with Crippen molar-refractivity contribution in [2.75, 3.05) is 13.6 Å². The van der Waals surface area contributed by atoms with Gasteiger partial charge in [-0.1, -0.05) is 25.1 Å². The molecule has 1 fully saturated rings. The standard InChI is InChI=1S/C16H25FN2/c1-3-10-18-14-8-9-15(11-14)19(2)12-13-6-4-5-7-16(13)17/h4-7,14-15,18H,3,8-12H2,1-2H3. The molecule has 2 rings (SSSR count). The second kappa shape index (κ2) is 7.01. The van der Waals surface area contributed by atoms with Gasteiger partial charge in [0, 0.05) is 24.2 Å². The van der Waals surface area contributed by atoms with E-state index in [1.54, 1.807) is 12.1 Å². The third-order valence-electron chi connectivity index (χ3n) is 4.09. The highest BCUT2D eigenvalue weighted by Gasteiger charge is 2.27. The molecule has 3 heteroatoms. The van der Waals surface area contributed by atoms with E-state index in [4.69, 9.17) is 0 Å². The minimum absolute atomic E-state index is 0.0898. The Bertz CT molecular complexity index is 394. The minimum Gasteiger partial charge on any atom is -0.314 e. The molecule has 1 aliphatic carbocycles. The van der Waals surface area contributed by atoms with Crippen molar-refractivity contribution in [1.29, 1.82) is 0 Å². The summed E-state index contributed by atoms with van der Waals surface area (Å²) in [6.45, 7) is 4.01. The van der Waals surface area contributed by atoms with E-state index in [1.807, 2.05) is 12.1 Å². The zero-order chi connectivity index (χ0) is 13.7. The zero-order valence-corrected chi connectivity index (χ0v) is 12.0. The van der Waals surface area contributed by atoms with Crippen LogP contribution in [0.5, 0.6) is 0 Å². The first-order valence-electron chi connectivity index (χ1n) is 7.37. The van der Waals surface area contributed by atoms with Crippen LogP contribution in [0, 0.1) is 5.82 Å². The monoisotopic (exact) mass is 264 g/mol. The van der Waals surface area contributed by atoms with Crippen molar-refractivity contribution in [1.82, 2.24) is 10.2 Å². The molecule has 0 saturated heterocycles. The first-order valence-corrected chi connectivity index (χ1v) is 7.37. The van der Waals surface area contributed by atoms with Crippen LogP contribution in [0.1, 0.15) is 38.2 Å². The fraction of sp³-hybridized carbons (Fsp3) is 0.625. The molecule has 0 heterocycles. The van der Waals surface area contributed by atoms with E-state index in [0.717, 1.165) is 12.1 Å². The predicted molar refractivity (Wildman–Crippen MR) is 77.6 cm³/mol. The van der Waals surface area contributed by atoms with Crippen molar-refractivity contribution in [3.05, 3.63) is 35.6 Å². The first-order chi connectivity index (χ1) is 9.20. The maximum Gasteiger partial charge on any atom is 0.127 e. The van der Waals surface area contributed by atoms with Crippen molar-refractivity contribution in [3.63, 3.8) is 0 Å². The van der Waals surface area contributed by atoms with Crippen LogP contribution >= 0.6 is 0 Å². The number of nitrogens with zero attached hydrogens (tertiary/aromatic N) is 1. The van der Waals surface area contributed by atoms with Crippen LogP contribution in [-0.2, 0) is 6.54 Å². The summed E-state index contributed by atoms with van der Waals surface area (Å²) in [5, 5.41) is 3.59. The van der Waals surface area contributed by atoms with E-state index in [2.05, 4.69) is 24.2 Å². The lowest BCUT2D eigenvalue weighted by Gasteiger charge is -2.24. The summed E-state index contributed by atoms with van der Waals surface area (Å²) in [6, 6.07) is 8.31. The van der Waals surface area contributed by atoms with E-state index < -0.39 is 0 Å². The number of benzene rings is 1. The van der Waals surface area contributed by atoms with Crippen LogP contribution in [0.25, 0.3) is 0 Å². The van der Waals surface area contributed by atoms with Crippen LogP contribution in [-0.4, -0.2) is 30.6 Å². The SMILES string of the molecule is CCCNC1CCC(N(C)Cc2ccccc2F)C1. The van der Waals surface area contributed by atoms with Gasteiger partial charge in [-0.3, -0.25) is 4.90 Å². The molecule has 1 aliphatic rings. The molecule has 106 valence electrons. The first kappa shape index (κ1) is 14.5. The lowest BCUT2D eigenvalue weighted by atomic mass is 10.1. The molecule has 0 radical (unpaired) electrons. The lowest BCUT2D eigenvalue weighted by molar-refractivity contribution is 0.231. The summed E-state index contributed by atoms with van der Waals surface area (Å²) in [5.74, 6) is -0.0898. The maximum atomic E-state index is 13.6. The average Bonchev–Trinajstić information content (AvgIpc) is 2.88. The lowest BCUT2D eigenvalue weighted by Crippen LogP contribution is -2.33. The van der Waals surface area contributed by atoms with Crippen molar-refractivity contribution >= 4 is 0 Å². The largest absolute Gasteiger partial charge is 0.314 e. The summed E-state index contributed by atoms with van der Waals surface area (Å²) in [4.78, 5) is 2.30. The van der Waals surface area contributed by atoms with E-state index in [1.165, 1.54) is 25.7 Å². The highest BCUT2D eigenvalue weighted by molar-refractivity contribution is 5.17. The Labute approximate surface area is 116 Å². The topological polar surface area (TPSA) is 15.3 Å². The minimum atomic E-state index is -0.0898. The highest BCUT2D eigenvalue weighted by Crippen LogP contribution is 2.25. The molecule has 0 amide bonds. The van der Waals surface area contributed by atoms with Crippen molar-refractivity contribution in [2.45, 2.75) is 51.2 Å². The van der Waals surface area contributed by atoms with Crippen molar-refractivity contribution < 1.29 is 4.39 Å². The van der Waals surface area contributed by atoms with E-state index in [9.17, 15) is 4.39 Å². The van der Waals surface area contributed by atoms with Gasteiger partial charge in [0.05, 0.1) is 0 Å². The maximum absolute atomic E-state index is 13.6. The zero-order valence-electron chi connectivity index (χ0n) is 12.0. The molecule has 1 saturated carbocycles. The van der Waals surface area contributed by atoms with Crippen molar-refractivity contribution in [2.24, 2.45) is 0 Å². The second-order valence-corrected chi connectivity index (χ2v) is 5.62. The summed E-state index contributed by atoms with van der Waals surface area (Å²) in [7, 11) is 2.11. The number of nitrogens with one attached hydrogen (secondary N) is 1. The third kappa shape index (κ3) is 4.02. The molecule has 19 heavy (non-hydrogen) atoms. The molecule has 0 aliphatic heterocycles. The predicted octanol–water partition coefficient (Wildman–Crippen LogP) is 3.18. The molecular weight excluding hydrogens is 239 g/mol. The molecule has 1 aromatic rings. The Hall–Kier alpha value is -0.930. The molecule has 1 N–H and O–H groups in total. The van der Waals surface area contributed by atoms with Gasteiger partial charge in [-0.2, -0.15) is 0 Å². The Morgan fingerprint density at radius 1 is 1.32 bits per heavy atom. The van der Waals surface area contributed by atoms with E-state index >= 15 is 0 Å². The van der Waals surface area contributed by atoms with Crippen LogP contribution < -0.4 is 5.32 Å². The number of hydrogen-bond acceptors (Lipinski definition) is 2. The molecule has 2 nitrogen and oxygen atoms in total. The Balaban J connectivity index is 1.84. The van der Waals surface area contributed by atoms with Crippen LogP contribution in [0.15, 0.2) is 24.3 Å². The fourth-order valence-corrected chi connectivity index (χ4v) is 2.92. The smallest absolute Gasteiger partial charge is 0.127 e. The Kier molecular flexibility index (Phi) is 5.34. The van der Waals surface area contributed by atoms with Gasteiger partial charge in [0.2, 0.25) is 0 Å². The molecule has 0 aromatic heterocycles. The van der Waals surface area contributed by atoms with Gasteiger partial charge in [-0.25, -0.2) is 4.39 Å². The van der Waals surface area contributed by atoms with Gasteiger partial charge in [0.1, 0.15) is 5.82 Å². The van der Waals surface area contributed by atoms with Crippen LogP contribution in [0.2, 0.25) is 0 Å². The molecular formula is C16H25FN2. The van der Waals surface area contributed by atoms with Crippen molar-refractivity contribution in [3.8, 4) is 0 Å². The highest BCUT2D eigenvalue weighted by atomic mass is 19.1. The quantitative estimate of drug-likeness (QED) is 0.849. The molecule has 0 bridgehead atoms. The van der Waals surface area contributed by atoms with E-state index in [-0.39, 0.29) is 5.82 Å². The average molecular weight is 264 g/mol. The second-order valence-electron chi connectivity index (χ2n) is 5.62. The van der Waals surface area contributed by atoms with Gasteiger partial charge >= 0.3 is 0 Å². The number of hydrogen-bond donors (Lipinski definition) is 1. The van der Waals surface area contributed by atoms with Crippen LogP contribution in [0.4, 0.5) is 4.39 Å². The fourth-order valence-electron chi connectivity index (χ4n) is 2.92. The molecule has 2 unspecified atom stereocenters. The van der Waals surface area contributed by atoms with Gasteiger partial charge in [0.25, 0.3) is 0 Å². The Morgan fingerprint density at radius 3 is 2.84 bits per heavy atom. The van der Waals surface area contributed by atoms with Gasteiger partial charge < -0.3 is 5.32 Å². The van der Waals surface area contributed by atoms with Gasteiger partial charge in [-0.05, 0) is 45.3 Å². The molecule has 2 atom stereocenters. The Morgan fingerprint density at radius 2 is 2.11 bits per heavy atom. The van der Waals surface area contributed by atoms with Crippen LogP contribution in [0.3, 0.4) is 0 Å². The molecule has 1 aromatic carbocycles. The van der Waals surface area contributed by atoms with Gasteiger partial charge in [0.15, 0.2) is 0 Å². The normalized spacial score (nSPS) is 23.2. The number of halogens is 1. The van der Waals surface area contributed by atoms with E-state index in [0.29, 0.717) is 18.6 Å². The summed E-state index contributed by atoms with van der Waals surface area (Å²) in [5.41, 5.74) is 0.801. The summed E-state index contributed by atoms with van der Waals surface area (Å²) < 4.78 is 13.6. The number of rotatable bonds is 6. The van der Waals surface area contributed by atoms with Gasteiger partial charge in [-0.15, -0.1) is 0 Å². The summed E-state index contributed by atoms with van der Waals surface area (Å²) in [6.07, 6.45) is 4.83.